The molecule has 0 aromatic carbocycles. The molecule has 5 heteroatoms. The van der Waals surface area contributed by atoms with Gasteiger partial charge < -0.3 is 14.4 Å². The second-order valence-corrected chi connectivity index (χ2v) is 7.15. The molecule has 0 aliphatic carbocycles. The number of ether oxygens (including phenoxy) is 1. The molecule has 4 nitrogen and oxygen atoms in total. The summed E-state index contributed by atoms with van der Waals surface area (Å²) in [6, 6.07) is 0. The molecule has 0 amide bonds. The molecule has 3 rings (SSSR count). The molecule has 0 saturated carbocycles. The Hall–Kier alpha value is -0.520. The summed E-state index contributed by atoms with van der Waals surface area (Å²) in [6.45, 7) is 3.86. The Balaban J connectivity index is 1.72. The van der Waals surface area contributed by atoms with Gasteiger partial charge in [-0.25, -0.2) is 4.98 Å². The quantitative estimate of drug-likeness (QED) is 0.928. The lowest BCUT2D eigenvalue weighted by molar-refractivity contribution is -0.103. The van der Waals surface area contributed by atoms with Crippen molar-refractivity contribution in [2.45, 2.75) is 50.9 Å². The van der Waals surface area contributed by atoms with E-state index >= 15 is 0 Å². The summed E-state index contributed by atoms with van der Waals surface area (Å²) in [5.41, 5.74) is 1.00. The molecule has 3 heterocycles. The summed E-state index contributed by atoms with van der Waals surface area (Å²) in [7, 11) is 0. The third kappa shape index (κ3) is 2.76. The van der Waals surface area contributed by atoms with Gasteiger partial charge in [-0.1, -0.05) is 6.92 Å². The van der Waals surface area contributed by atoms with Crippen LogP contribution in [-0.4, -0.2) is 38.4 Å². The van der Waals surface area contributed by atoms with Crippen molar-refractivity contribution in [3.05, 3.63) is 18.2 Å². The number of thioether (sulfide) groups is 1. The molecule has 2 aliphatic heterocycles. The van der Waals surface area contributed by atoms with Crippen LogP contribution in [0.15, 0.2) is 12.5 Å². The Bertz CT molecular complexity index is 443. The number of aliphatic hydroxyl groups excluding tert-OH is 1. The van der Waals surface area contributed by atoms with Gasteiger partial charge >= 0.3 is 0 Å². The first-order chi connectivity index (χ1) is 9.74. The molecular formula is C15H24N2O2S. The van der Waals surface area contributed by atoms with Crippen molar-refractivity contribution in [1.82, 2.24) is 9.55 Å². The van der Waals surface area contributed by atoms with Gasteiger partial charge in [0.05, 0.1) is 29.9 Å². The Morgan fingerprint density at radius 3 is 3.30 bits per heavy atom. The van der Waals surface area contributed by atoms with Crippen molar-refractivity contribution in [1.29, 1.82) is 0 Å². The van der Waals surface area contributed by atoms with Crippen LogP contribution < -0.4 is 0 Å². The van der Waals surface area contributed by atoms with E-state index in [2.05, 4.69) is 16.5 Å². The first-order valence-corrected chi connectivity index (χ1v) is 8.79. The molecular weight excluding hydrogens is 272 g/mol. The first-order valence-electron chi connectivity index (χ1n) is 7.64. The minimum Gasteiger partial charge on any atom is -0.387 e. The van der Waals surface area contributed by atoms with Crippen LogP contribution in [0.1, 0.15) is 44.4 Å². The monoisotopic (exact) mass is 296 g/mol. The van der Waals surface area contributed by atoms with E-state index < -0.39 is 6.10 Å². The summed E-state index contributed by atoms with van der Waals surface area (Å²) in [5.74, 6) is 2.58. The zero-order valence-corrected chi connectivity index (χ0v) is 12.9. The minimum absolute atomic E-state index is 0.0319. The zero-order valence-electron chi connectivity index (χ0n) is 12.1. The van der Waals surface area contributed by atoms with Gasteiger partial charge in [-0.15, -0.1) is 0 Å². The molecule has 2 fully saturated rings. The van der Waals surface area contributed by atoms with E-state index in [4.69, 9.17) is 4.74 Å². The van der Waals surface area contributed by atoms with E-state index in [-0.39, 0.29) is 5.60 Å². The van der Waals surface area contributed by atoms with Crippen LogP contribution in [0.3, 0.4) is 0 Å². The van der Waals surface area contributed by atoms with Crippen LogP contribution in [0.4, 0.5) is 0 Å². The number of hydrogen-bond donors (Lipinski definition) is 1. The average molecular weight is 296 g/mol. The molecule has 1 spiro atoms. The molecule has 1 aromatic rings. The molecule has 20 heavy (non-hydrogen) atoms. The van der Waals surface area contributed by atoms with Crippen LogP contribution in [0, 0.1) is 5.92 Å². The summed E-state index contributed by atoms with van der Waals surface area (Å²) < 4.78 is 8.14. The minimum atomic E-state index is -0.407. The van der Waals surface area contributed by atoms with Gasteiger partial charge in [0, 0.05) is 18.9 Å². The lowest BCUT2D eigenvalue weighted by Crippen LogP contribution is -2.41. The lowest BCUT2D eigenvalue weighted by atomic mass is 9.81. The molecule has 0 radical (unpaired) electrons. The highest BCUT2D eigenvalue weighted by molar-refractivity contribution is 7.99. The van der Waals surface area contributed by atoms with Gasteiger partial charge in [0.2, 0.25) is 0 Å². The first kappa shape index (κ1) is 14.4. The largest absolute Gasteiger partial charge is 0.387 e. The van der Waals surface area contributed by atoms with E-state index in [1.165, 1.54) is 5.75 Å². The Kier molecular flexibility index (Phi) is 4.38. The fourth-order valence-corrected chi connectivity index (χ4v) is 4.82. The van der Waals surface area contributed by atoms with Gasteiger partial charge in [-0.05, 0) is 37.4 Å². The second kappa shape index (κ2) is 6.08. The van der Waals surface area contributed by atoms with Crippen LogP contribution in [0.25, 0.3) is 0 Å². The maximum atomic E-state index is 10.8. The number of hydrogen-bond acceptors (Lipinski definition) is 4. The predicted octanol–water partition coefficient (Wildman–Crippen LogP) is 2.63. The molecule has 3 unspecified atom stereocenters. The van der Waals surface area contributed by atoms with E-state index in [0.717, 1.165) is 50.3 Å². The van der Waals surface area contributed by atoms with E-state index in [1.807, 2.05) is 24.3 Å². The topological polar surface area (TPSA) is 47.3 Å². The smallest absolute Gasteiger partial charge is 0.0985 e. The SMILES string of the molecule is CCCn1cncc1C(O)C1CCOC2(CCSC2)C1. The van der Waals surface area contributed by atoms with Gasteiger partial charge in [0.15, 0.2) is 0 Å². The molecule has 1 aromatic heterocycles. The normalized spacial score (nSPS) is 31.8. The number of aromatic nitrogens is 2. The fraction of sp³-hybridized carbons (Fsp3) is 0.800. The van der Waals surface area contributed by atoms with Crippen molar-refractivity contribution >= 4 is 11.8 Å². The van der Waals surface area contributed by atoms with E-state index in [0.29, 0.717) is 5.92 Å². The highest BCUT2D eigenvalue weighted by Gasteiger charge is 2.42. The van der Waals surface area contributed by atoms with Crippen molar-refractivity contribution in [2.24, 2.45) is 5.92 Å². The molecule has 2 aliphatic rings. The number of imidazole rings is 1. The summed E-state index contributed by atoms with van der Waals surface area (Å²) in [4.78, 5) is 4.21. The Morgan fingerprint density at radius 2 is 2.55 bits per heavy atom. The van der Waals surface area contributed by atoms with Crippen molar-refractivity contribution in [2.75, 3.05) is 18.1 Å². The van der Waals surface area contributed by atoms with Crippen LogP contribution in [0.5, 0.6) is 0 Å². The molecule has 2 saturated heterocycles. The van der Waals surface area contributed by atoms with Gasteiger partial charge in [0.25, 0.3) is 0 Å². The highest BCUT2D eigenvalue weighted by atomic mass is 32.2. The number of rotatable bonds is 4. The molecule has 1 N–H and O–H groups in total. The highest BCUT2D eigenvalue weighted by Crippen LogP contribution is 2.43. The van der Waals surface area contributed by atoms with Gasteiger partial charge in [0.1, 0.15) is 0 Å². The standard InChI is InChI=1S/C15H24N2O2S/c1-2-5-17-11-16-9-13(17)14(18)12-3-6-19-15(8-12)4-7-20-10-15/h9,11-12,14,18H,2-8,10H2,1H3. The maximum absolute atomic E-state index is 10.8. The van der Waals surface area contributed by atoms with Crippen molar-refractivity contribution in [3.63, 3.8) is 0 Å². The van der Waals surface area contributed by atoms with Gasteiger partial charge in [-0.2, -0.15) is 11.8 Å². The molecule has 3 atom stereocenters. The van der Waals surface area contributed by atoms with Crippen molar-refractivity contribution in [3.8, 4) is 0 Å². The van der Waals surface area contributed by atoms with Crippen LogP contribution in [-0.2, 0) is 11.3 Å². The molecule has 0 bridgehead atoms. The average Bonchev–Trinajstić information content (AvgIpc) is 3.09. The second-order valence-electron chi connectivity index (χ2n) is 6.04. The van der Waals surface area contributed by atoms with E-state index in [1.54, 1.807) is 0 Å². The Morgan fingerprint density at radius 1 is 1.65 bits per heavy atom. The number of aryl methyl sites for hydroxylation is 1. The number of aliphatic hydroxyl groups is 1. The van der Waals surface area contributed by atoms with Crippen LogP contribution in [0.2, 0.25) is 0 Å². The third-order valence-electron chi connectivity index (χ3n) is 4.56. The van der Waals surface area contributed by atoms with Crippen LogP contribution >= 0.6 is 11.8 Å². The predicted molar refractivity (Wildman–Crippen MR) is 80.8 cm³/mol. The fourth-order valence-electron chi connectivity index (χ4n) is 3.44. The third-order valence-corrected chi connectivity index (χ3v) is 5.78. The maximum Gasteiger partial charge on any atom is 0.0985 e. The number of nitrogens with zero attached hydrogens (tertiary/aromatic N) is 2. The summed E-state index contributed by atoms with van der Waals surface area (Å²) >= 11 is 1.98. The zero-order chi connectivity index (χ0) is 14.0. The van der Waals surface area contributed by atoms with E-state index in [9.17, 15) is 5.11 Å². The Labute approximate surface area is 124 Å². The molecule has 112 valence electrons. The summed E-state index contributed by atoms with van der Waals surface area (Å²) in [6.07, 6.45) is 7.38. The summed E-state index contributed by atoms with van der Waals surface area (Å²) in [5, 5.41) is 10.8. The van der Waals surface area contributed by atoms with Gasteiger partial charge in [-0.3, -0.25) is 0 Å². The lowest BCUT2D eigenvalue weighted by Gasteiger charge is -2.39. The van der Waals surface area contributed by atoms with Crippen molar-refractivity contribution < 1.29 is 9.84 Å².